The van der Waals surface area contributed by atoms with Crippen molar-refractivity contribution in [1.29, 1.82) is 0 Å². The lowest BCUT2D eigenvalue weighted by molar-refractivity contribution is -0.136. The Bertz CT molecular complexity index is 443. The van der Waals surface area contributed by atoms with E-state index in [9.17, 15) is 9.59 Å². The summed E-state index contributed by atoms with van der Waals surface area (Å²) in [7, 11) is 2.73. The monoisotopic (exact) mass is 268 g/mol. The minimum absolute atomic E-state index is 0.161. The SMILES string of the molecule is CCOC(C=O)Oc1ccc(OC)cc1C(=O)OC. The molecule has 1 atom stereocenters. The molecular formula is C13H16O6. The average molecular weight is 268 g/mol. The fraction of sp³-hybridized carbons (Fsp3) is 0.385. The number of carbonyl (C=O) groups excluding carboxylic acids is 2. The molecule has 104 valence electrons. The Kier molecular flexibility index (Phi) is 5.81. The first-order chi connectivity index (χ1) is 9.15. The van der Waals surface area contributed by atoms with Crippen molar-refractivity contribution >= 4 is 12.3 Å². The van der Waals surface area contributed by atoms with Crippen molar-refractivity contribution in [2.24, 2.45) is 0 Å². The van der Waals surface area contributed by atoms with E-state index in [0.717, 1.165) is 0 Å². The molecule has 0 aliphatic carbocycles. The summed E-state index contributed by atoms with van der Waals surface area (Å²) in [6, 6.07) is 4.59. The maximum absolute atomic E-state index is 11.6. The maximum Gasteiger partial charge on any atom is 0.341 e. The summed E-state index contributed by atoms with van der Waals surface area (Å²) in [5, 5.41) is 0. The minimum Gasteiger partial charge on any atom is -0.497 e. The molecule has 0 N–H and O–H groups in total. The van der Waals surface area contributed by atoms with E-state index in [2.05, 4.69) is 4.74 Å². The number of methoxy groups -OCH3 is 2. The molecule has 1 aromatic rings. The van der Waals surface area contributed by atoms with E-state index in [1.165, 1.54) is 26.4 Å². The van der Waals surface area contributed by atoms with E-state index < -0.39 is 12.3 Å². The molecule has 0 aliphatic heterocycles. The minimum atomic E-state index is -1.07. The quantitative estimate of drug-likeness (QED) is 0.423. The van der Waals surface area contributed by atoms with Gasteiger partial charge in [-0.1, -0.05) is 0 Å². The fourth-order valence-electron chi connectivity index (χ4n) is 1.40. The van der Waals surface area contributed by atoms with Crippen LogP contribution in [0.1, 0.15) is 17.3 Å². The van der Waals surface area contributed by atoms with Gasteiger partial charge in [-0.25, -0.2) is 4.79 Å². The second-order valence-corrected chi connectivity index (χ2v) is 3.43. The van der Waals surface area contributed by atoms with Crippen LogP contribution in [0.15, 0.2) is 18.2 Å². The van der Waals surface area contributed by atoms with Crippen molar-refractivity contribution in [3.63, 3.8) is 0 Å². The van der Waals surface area contributed by atoms with Crippen molar-refractivity contribution in [3.8, 4) is 11.5 Å². The van der Waals surface area contributed by atoms with Crippen LogP contribution in [0.25, 0.3) is 0 Å². The Morgan fingerprint density at radius 1 is 1.37 bits per heavy atom. The first-order valence-corrected chi connectivity index (χ1v) is 5.66. The Morgan fingerprint density at radius 3 is 2.63 bits per heavy atom. The summed E-state index contributed by atoms with van der Waals surface area (Å²) in [5.41, 5.74) is 0.161. The highest BCUT2D eigenvalue weighted by Crippen LogP contribution is 2.25. The van der Waals surface area contributed by atoms with Crippen molar-refractivity contribution in [1.82, 2.24) is 0 Å². The predicted molar refractivity (Wildman–Crippen MR) is 66.4 cm³/mol. The van der Waals surface area contributed by atoms with Crippen LogP contribution in [0.2, 0.25) is 0 Å². The van der Waals surface area contributed by atoms with E-state index in [0.29, 0.717) is 18.6 Å². The molecule has 0 heterocycles. The number of aldehydes is 1. The van der Waals surface area contributed by atoms with E-state index in [4.69, 9.17) is 14.2 Å². The van der Waals surface area contributed by atoms with E-state index in [-0.39, 0.29) is 11.3 Å². The molecule has 0 aliphatic rings. The van der Waals surface area contributed by atoms with Crippen LogP contribution < -0.4 is 9.47 Å². The zero-order valence-electron chi connectivity index (χ0n) is 11.0. The van der Waals surface area contributed by atoms with Crippen molar-refractivity contribution in [3.05, 3.63) is 23.8 Å². The first-order valence-electron chi connectivity index (χ1n) is 5.66. The summed E-state index contributed by atoms with van der Waals surface area (Å²) in [4.78, 5) is 22.4. The lowest BCUT2D eigenvalue weighted by Crippen LogP contribution is -2.23. The summed E-state index contributed by atoms with van der Waals surface area (Å²) >= 11 is 0. The second-order valence-electron chi connectivity index (χ2n) is 3.43. The summed E-state index contributed by atoms with van der Waals surface area (Å²) in [6.45, 7) is 2.04. The number of benzene rings is 1. The van der Waals surface area contributed by atoms with Gasteiger partial charge in [0, 0.05) is 6.61 Å². The third-order valence-corrected chi connectivity index (χ3v) is 2.28. The van der Waals surface area contributed by atoms with Gasteiger partial charge >= 0.3 is 5.97 Å². The van der Waals surface area contributed by atoms with Crippen LogP contribution in [0.5, 0.6) is 11.5 Å². The lowest BCUT2D eigenvalue weighted by atomic mass is 10.2. The molecule has 0 saturated heterocycles. The Morgan fingerprint density at radius 2 is 2.11 bits per heavy atom. The van der Waals surface area contributed by atoms with Gasteiger partial charge in [0.15, 0.2) is 6.29 Å². The van der Waals surface area contributed by atoms with E-state index >= 15 is 0 Å². The molecule has 6 heteroatoms. The normalized spacial score (nSPS) is 11.5. The topological polar surface area (TPSA) is 71.1 Å². The highest BCUT2D eigenvalue weighted by Gasteiger charge is 2.18. The van der Waals surface area contributed by atoms with E-state index in [1.54, 1.807) is 13.0 Å². The zero-order chi connectivity index (χ0) is 14.3. The van der Waals surface area contributed by atoms with Gasteiger partial charge in [-0.3, -0.25) is 4.79 Å². The van der Waals surface area contributed by atoms with Crippen LogP contribution in [-0.2, 0) is 14.3 Å². The van der Waals surface area contributed by atoms with Crippen LogP contribution in [0.4, 0.5) is 0 Å². The van der Waals surface area contributed by atoms with Crippen LogP contribution in [0.3, 0.4) is 0 Å². The Labute approximate surface area is 111 Å². The summed E-state index contributed by atoms with van der Waals surface area (Å²) in [5.74, 6) is 0.0834. The number of ether oxygens (including phenoxy) is 4. The van der Waals surface area contributed by atoms with Crippen LogP contribution in [-0.4, -0.2) is 39.4 Å². The summed E-state index contributed by atoms with van der Waals surface area (Å²) < 4.78 is 20.0. The predicted octanol–water partition coefficient (Wildman–Crippen LogP) is 1.42. The molecule has 1 unspecified atom stereocenters. The molecule has 0 radical (unpaired) electrons. The van der Waals surface area contributed by atoms with Gasteiger partial charge < -0.3 is 18.9 Å². The van der Waals surface area contributed by atoms with Crippen molar-refractivity contribution < 1.29 is 28.5 Å². The highest BCUT2D eigenvalue weighted by atomic mass is 16.7. The third-order valence-electron chi connectivity index (χ3n) is 2.28. The molecule has 0 bridgehead atoms. The standard InChI is InChI=1S/C13H16O6/c1-4-18-12(8-14)19-11-6-5-9(16-2)7-10(11)13(15)17-3/h5-8,12H,4H2,1-3H3. The van der Waals surface area contributed by atoms with Gasteiger partial charge in [-0.2, -0.15) is 0 Å². The molecule has 19 heavy (non-hydrogen) atoms. The molecular weight excluding hydrogens is 252 g/mol. The molecule has 0 aromatic heterocycles. The molecule has 0 spiro atoms. The molecule has 1 aromatic carbocycles. The van der Waals surface area contributed by atoms with Gasteiger partial charge in [0.05, 0.1) is 14.2 Å². The zero-order valence-corrected chi connectivity index (χ0v) is 11.0. The molecule has 0 fully saturated rings. The van der Waals surface area contributed by atoms with Gasteiger partial charge in [0.2, 0.25) is 0 Å². The average Bonchev–Trinajstić information content (AvgIpc) is 2.46. The van der Waals surface area contributed by atoms with Crippen molar-refractivity contribution in [2.45, 2.75) is 13.2 Å². The smallest absolute Gasteiger partial charge is 0.341 e. The molecule has 6 nitrogen and oxygen atoms in total. The second kappa shape index (κ2) is 7.38. The molecule has 0 amide bonds. The van der Waals surface area contributed by atoms with E-state index in [1.807, 2.05) is 0 Å². The van der Waals surface area contributed by atoms with Gasteiger partial charge in [0.1, 0.15) is 17.1 Å². The van der Waals surface area contributed by atoms with Gasteiger partial charge in [-0.05, 0) is 25.1 Å². The molecule has 0 saturated carbocycles. The highest BCUT2D eigenvalue weighted by molar-refractivity contribution is 5.93. The number of rotatable bonds is 7. The molecule has 1 rings (SSSR count). The maximum atomic E-state index is 11.6. The first kappa shape index (κ1) is 15.0. The number of hydrogen-bond acceptors (Lipinski definition) is 6. The number of esters is 1. The fourth-order valence-corrected chi connectivity index (χ4v) is 1.40. The third kappa shape index (κ3) is 3.96. The number of hydrogen-bond donors (Lipinski definition) is 0. The van der Waals surface area contributed by atoms with Gasteiger partial charge in [-0.15, -0.1) is 0 Å². The largest absolute Gasteiger partial charge is 0.497 e. The van der Waals surface area contributed by atoms with Gasteiger partial charge in [0.25, 0.3) is 6.29 Å². The van der Waals surface area contributed by atoms with Crippen molar-refractivity contribution in [2.75, 3.05) is 20.8 Å². The summed E-state index contributed by atoms with van der Waals surface area (Å²) in [6.07, 6.45) is -0.559. The van der Waals surface area contributed by atoms with Crippen LogP contribution >= 0.6 is 0 Å². The van der Waals surface area contributed by atoms with Crippen LogP contribution in [0, 0.1) is 0 Å². The Balaban J connectivity index is 3.04. The number of carbonyl (C=O) groups is 2. The lowest BCUT2D eigenvalue weighted by Gasteiger charge is -2.16. The Hall–Kier alpha value is -2.08.